The van der Waals surface area contributed by atoms with Gasteiger partial charge in [-0.15, -0.1) is 0 Å². The molecule has 2 amide bonds. The van der Waals surface area contributed by atoms with E-state index in [-0.39, 0.29) is 30.0 Å². The van der Waals surface area contributed by atoms with Crippen LogP contribution >= 0.6 is 0 Å². The first-order chi connectivity index (χ1) is 17.5. The number of carbonyl (C=O) groups is 3. The van der Waals surface area contributed by atoms with Crippen molar-refractivity contribution in [1.29, 1.82) is 0 Å². The van der Waals surface area contributed by atoms with E-state index in [0.717, 1.165) is 53.8 Å². The van der Waals surface area contributed by atoms with Crippen LogP contribution < -0.4 is 9.62 Å². The second-order valence-electron chi connectivity index (χ2n) is 9.84. The molecular weight excluding hydrogens is 490 g/mol. The Kier molecular flexibility index (Phi) is 9.48. The van der Waals surface area contributed by atoms with E-state index in [2.05, 4.69) is 5.32 Å². The highest BCUT2D eigenvalue weighted by molar-refractivity contribution is 7.92. The highest BCUT2D eigenvalue weighted by atomic mass is 32.2. The molecule has 200 valence electrons. The molecule has 0 unspecified atom stereocenters. The normalized spacial score (nSPS) is 15.0. The first kappa shape index (κ1) is 28.4. The summed E-state index contributed by atoms with van der Waals surface area (Å²) in [7, 11) is -3.86. The molecule has 1 saturated carbocycles. The summed E-state index contributed by atoms with van der Waals surface area (Å²) in [6, 6.07) is 13.1. The number of sulfonamides is 1. The summed E-state index contributed by atoms with van der Waals surface area (Å²) in [5.41, 5.74) is 2.40. The summed E-state index contributed by atoms with van der Waals surface area (Å²) in [6.07, 6.45) is 6.14. The molecule has 0 saturated heterocycles. The van der Waals surface area contributed by atoms with Gasteiger partial charge in [0.15, 0.2) is 5.78 Å². The lowest BCUT2D eigenvalue weighted by atomic mass is 9.95. The SMILES string of the molecule is CC(=O)c1cccc(N(CC(=O)N(Cc2ccccc2C)[C@@H](C)C(=O)NC2CCCCC2)S(C)(=O)=O)c1. The minimum Gasteiger partial charge on any atom is -0.352 e. The average molecular weight is 528 g/mol. The molecule has 0 heterocycles. The Bertz CT molecular complexity index is 1240. The number of ketones is 1. The van der Waals surface area contributed by atoms with Crippen LogP contribution in [0.15, 0.2) is 48.5 Å². The van der Waals surface area contributed by atoms with Crippen LogP contribution in [-0.2, 0) is 26.2 Å². The molecular formula is C28H37N3O5S. The van der Waals surface area contributed by atoms with Crippen molar-refractivity contribution in [2.75, 3.05) is 17.1 Å². The minimum atomic E-state index is -3.86. The van der Waals surface area contributed by atoms with E-state index in [1.54, 1.807) is 25.1 Å². The van der Waals surface area contributed by atoms with Crippen LogP contribution in [0.3, 0.4) is 0 Å². The predicted octanol–water partition coefficient (Wildman–Crippen LogP) is 3.83. The lowest BCUT2D eigenvalue weighted by Gasteiger charge is -2.33. The second kappa shape index (κ2) is 12.4. The van der Waals surface area contributed by atoms with Gasteiger partial charge in [0.05, 0.1) is 11.9 Å². The summed E-state index contributed by atoms with van der Waals surface area (Å²) in [5.74, 6) is -0.970. The third-order valence-corrected chi connectivity index (χ3v) is 8.08. The summed E-state index contributed by atoms with van der Waals surface area (Å²) in [4.78, 5) is 40.3. The summed E-state index contributed by atoms with van der Waals surface area (Å²) < 4.78 is 26.5. The molecule has 1 atom stereocenters. The molecule has 0 bridgehead atoms. The van der Waals surface area contributed by atoms with Crippen LogP contribution in [0.4, 0.5) is 5.69 Å². The van der Waals surface area contributed by atoms with Crippen LogP contribution in [0.25, 0.3) is 0 Å². The number of aryl methyl sites for hydroxylation is 1. The van der Waals surface area contributed by atoms with Gasteiger partial charge in [-0.1, -0.05) is 55.7 Å². The van der Waals surface area contributed by atoms with Crippen molar-refractivity contribution in [2.45, 2.75) is 71.5 Å². The number of hydrogen-bond donors (Lipinski definition) is 1. The van der Waals surface area contributed by atoms with E-state index in [4.69, 9.17) is 0 Å². The number of anilines is 1. The molecule has 8 nitrogen and oxygen atoms in total. The molecule has 2 aromatic rings. The second-order valence-corrected chi connectivity index (χ2v) is 11.8. The number of benzene rings is 2. The topological polar surface area (TPSA) is 104 Å². The zero-order chi connectivity index (χ0) is 27.2. The van der Waals surface area contributed by atoms with Crippen molar-refractivity contribution < 1.29 is 22.8 Å². The van der Waals surface area contributed by atoms with Crippen molar-refractivity contribution in [1.82, 2.24) is 10.2 Å². The van der Waals surface area contributed by atoms with Gasteiger partial charge in [0, 0.05) is 18.2 Å². The van der Waals surface area contributed by atoms with Gasteiger partial charge in [-0.25, -0.2) is 8.42 Å². The van der Waals surface area contributed by atoms with Gasteiger partial charge in [0.1, 0.15) is 12.6 Å². The maximum atomic E-state index is 13.7. The number of rotatable bonds is 10. The molecule has 1 aliphatic carbocycles. The van der Waals surface area contributed by atoms with E-state index in [1.165, 1.54) is 17.9 Å². The van der Waals surface area contributed by atoms with Crippen molar-refractivity contribution in [3.05, 3.63) is 65.2 Å². The van der Waals surface area contributed by atoms with E-state index >= 15 is 0 Å². The number of nitrogens with zero attached hydrogens (tertiary/aromatic N) is 2. The zero-order valence-electron chi connectivity index (χ0n) is 22.1. The Labute approximate surface area is 220 Å². The zero-order valence-corrected chi connectivity index (χ0v) is 22.9. The molecule has 0 radical (unpaired) electrons. The molecule has 9 heteroatoms. The average Bonchev–Trinajstić information content (AvgIpc) is 2.86. The van der Waals surface area contributed by atoms with Crippen LogP contribution in [0.1, 0.15) is 67.4 Å². The standard InChI is InChI=1S/C28H37N3O5S/c1-20-11-8-9-12-24(20)18-30(21(2)28(34)29-25-14-6-5-7-15-25)27(33)19-31(37(4,35)36)26-16-10-13-23(17-26)22(3)32/h8-13,16-17,21,25H,5-7,14-15,18-19H2,1-4H3,(H,29,34)/t21-/m0/s1. The number of nitrogens with one attached hydrogen (secondary N) is 1. The third kappa shape index (κ3) is 7.64. The van der Waals surface area contributed by atoms with Crippen molar-refractivity contribution in [3.63, 3.8) is 0 Å². The molecule has 1 aliphatic rings. The molecule has 0 aromatic heterocycles. The van der Waals surface area contributed by atoms with Crippen LogP contribution in [-0.4, -0.2) is 55.8 Å². The van der Waals surface area contributed by atoms with Gasteiger partial charge in [0.25, 0.3) is 0 Å². The molecule has 3 rings (SSSR count). The van der Waals surface area contributed by atoms with E-state index in [1.807, 2.05) is 31.2 Å². The Morgan fingerprint density at radius 3 is 2.32 bits per heavy atom. The van der Waals surface area contributed by atoms with E-state index < -0.39 is 28.5 Å². The number of amides is 2. The fourth-order valence-electron chi connectivity index (χ4n) is 4.62. The number of Topliss-reactive ketones (excluding diaryl/α,β-unsaturated/α-hetero) is 1. The lowest BCUT2D eigenvalue weighted by molar-refractivity contribution is -0.139. The quantitative estimate of drug-likeness (QED) is 0.473. The minimum absolute atomic E-state index is 0.0842. The summed E-state index contributed by atoms with van der Waals surface area (Å²) >= 11 is 0. The molecule has 0 aliphatic heterocycles. The fraction of sp³-hybridized carbons (Fsp3) is 0.464. The predicted molar refractivity (Wildman–Crippen MR) is 145 cm³/mol. The monoisotopic (exact) mass is 527 g/mol. The molecule has 37 heavy (non-hydrogen) atoms. The van der Waals surface area contributed by atoms with Crippen molar-refractivity contribution in [2.24, 2.45) is 0 Å². The first-order valence-electron chi connectivity index (χ1n) is 12.7. The van der Waals surface area contributed by atoms with Gasteiger partial charge in [-0.2, -0.15) is 0 Å². The van der Waals surface area contributed by atoms with Gasteiger partial charge >= 0.3 is 0 Å². The van der Waals surface area contributed by atoms with Gasteiger partial charge in [-0.05, 0) is 56.9 Å². The van der Waals surface area contributed by atoms with E-state index in [9.17, 15) is 22.8 Å². The largest absolute Gasteiger partial charge is 0.352 e. The Balaban J connectivity index is 1.91. The Hall–Kier alpha value is -3.20. The van der Waals surface area contributed by atoms with Gasteiger partial charge in [-0.3, -0.25) is 18.7 Å². The summed E-state index contributed by atoms with van der Waals surface area (Å²) in [6.45, 7) is 4.67. The highest BCUT2D eigenvalue weighted by Gasteiger charge is 2.31. The maximum Gasteiger partial charge on any atom is 0.244 e. The molecule has 1 N–H and O–H groups in total. The molecule has 2 aromatic carbocycles. The van der Waals surface area contributed by atoms with E-state index in [0.29, 0.717) is 5.56 Å². The molecule has 1 fully saturated rings. The lowest BCUT2D eigenvalue weighted by Crippen LogP contribution is -2.53. The summed E-state index contributed by atoms with van der Waals surface area (Å²) in [5, 5.41) is 3.09. The fourth-order valence-corrected chi connectivity index (χ4v) is 5.46. The Morgan fingerprint density at radius 2 is 1.70 bits per heavy atom. The third-order valence-electron chi connectivity index (χ3n) is 6.94. The van der Waals surface area contributed by atoms with Crippen LogP contribution in [0.5, 0.6) is 0 Å². The van der Waals surface area contributed by atoms with Crippen molar-refractivity contribution in [3.8, 4) is 0 Å². The van der Waals surface area contributed by atoms with Crippen molar-refractivity contribution >= 4 is 33.3 Å². The smallest absolute Gasteiger partial charge is 0.244 e. The maximum absolute atomic E-state index is 13.7. The first-order valence-corrected chi connectivity index (χ1v) is 14.5. The van der Waals surface area contributed by atoms with Gasteiger partial charge < -0.3 is 10.2 Å². The highest BCUT2D eigenvalue weighted by Crippen LogP contribution is 2.22. The molecule has 0 spiro atoms. The van der Waals surface area contributed by atoms with Crippen LogP contribution in [0, 0.1) is 6.92 Å². The van der Waals surface area contributed by atoms with Gasteiger partial charge in [0.2, 0.25) is 21.8 Å². The number of carbonyl (C=O) groups excluding carboxylic acids is 3. The van der Waals surface area contributed by atoms with Crippen LogP contribution in [0.2, 0.25) is 0 Å². The number of hydrogen-bond acceptors (Lipinski definition) is 5. The Morgan fingerprint density at radius 1 is 1.03 bits per heavy atom.